The molecule has 142 valence electrons. The molecule has 3 rings (SSSR count). The molecule has 2 N–H and O–H groups in total. The van der Waals surface area contributed by atoms with Gasteiger partial charge in [0, 0.05) is 18.8 Å². The fourth-order valence-electron chi connectivity index (χ4n) is 2.84. The molecule has 0 saturated carbocycles. The summed E-state index contributed by atoms with van der Waals surface area (Å²) >= 11 is 1.14. The van der Waals surface area contributed by atoms with E-state index in [0.29, 0.717) is 10.7 Å². The predicted molar refractivity (Wildman–Crippen MR) is 108 cm³/mol. The van der Waals surface area contributed by atoms with Gasteiger partial charge in [-0.25, -0.2) is 0 Å². The van der Waals surface area contributed by atoms with Gasteiger partial charge in [0.05, 0.1) is 5.25 Å². The molecular formula is C21H19N3O3S. The molecule has 0 bridgehead atoms. The zero-order valence-electron chi connectivity index (χ0n) is 15.0. The number of aliphatic hydroxyl groups excluding tert-OH is 1. The van der Waals surface area contributed by atoms with Crippen LogP contribution in [-0.2, 0) is 16.1 Å². The number of nitriles is 1. The van der Waals surface area contributed by atoms with Crippen LogP contribution in [0.4, 0.5) is 5.69 Å². The highest BCUT2D eigenvalue weighted by Gasteiger charge is 2.40. The minimum absolute atomic E-state index is 0.112. The lowest BCUT2D eigenvalue weighted by molar-refractivity contribution is -0.117. The Kier molecular flexibility index (Phi) is 6.48. The van der Waals surface area contributed by atoms with Crippen LogP contribution in [0.2, 0.25) is 0 Å². The number of nitrogens with zero attached hydrogens (tertiary/aromatic N) is 2. The number of aliphatic hydroxyl groups is 1. The van der Waals surface area contributed by atoms with Gasteiger partial charge in [0.15, 0.2) is 0 Å². The van der Waals surface area contributed by atoms with Crippen LogP contribution < -0.4 is 10.2 Å². The Morgan fingerprint density at radius 1 is 1.14 bits per heavy atom. The van der Waals surface area contributed by atoms with Crippen molar-refractivity contribution in [1.29, 1.82) is 5.26 Å². The Bertz CT molecular complexity index is 923. The second-order valence-electron chi connectivity index (χ2n) is 6.09. The number of carbonyl (C=O) groups is 2. The van der Waals surface area contributed by atoms with Crippen LogP contribution in [0, 0.1) is 11.3 Å². The van der Waals surface area contributed by atoms with E-state index in [-0.39, 0.29) is 31.1 Å². The Hall–Kier alpha value is -3.08. The first-order chi connectivity index (χ1) is 13.7. The average molecular weight is 393 g/mol. The molecule has 0 spiro atoms. The molecule has 0 unspecified atom stereocenters. The van der Waals surface area contributed by atoms with Gasteiger partial charge < -0.3 is 10.4 Å². The summed E-state index contributed by atoms with van der Waals surface area (Å²) in [6.45, 7) is 0.129. The maximum absolute atomic E-state index is 12.8. The van der Waals surface area contributed by atoms with E-state index in [1.807, 2.05) is 42.5 Å². The summed E-state index contributed by atoms with van der Waals surface area (Å²) in [5.41, 5.74) is 1.38. The summed E-state index contributed by atoms with van der Waals surface area (Å²) in [6.07, 6.45) is 0.251. The van der Waals surface area contributed by atoms with Crippen LogP contribution >= 0.6 is 11.8 Å². The second kappa shape index (κ2) is 9.22. The fraction of sp³-hybridized carbons (Fsp3) is 0.190. The Balaban J connectivity index is 1.92. The topological polar surface area (TPSA) is 93.4 Å². The SMILES string of the molecule is N#C/C(C(=O)NCc1ccccc1)=C1\S[C@H](CCO)C(=O)N1c1ccccc1. The van der Waals surface area contributed by atoms with Crippen LogP contribution in [0.15, 0.2) is 71.3 Å². The standard InChI is InChI=1S/C21H19N3O3S/c22-13-17(19(26)23-14-15-7-3-1-4-8-15)21-24(16-9-5-2-6-10-16)20(27)18(28-21)11-12-25/h1-10,18,25H,11-12,14H2,(H,23,26)/b21-17+/t18-/m1/s1. The number of thioether (sulfide) groups is 1. The second-order valence-corrected chi connectivity index (χ2v) is 7.28. The number of para-hydroxylation sites is 1. The Labute approximate surface area is 167 Å². The summed E-state index contributed by atoms with van der Waals surface area (Å²) in [4.78, 5) is 26.9. The number of hydrogen-bond acceptors (Lipinski definition) is 5. The molecule has 1 aliphatic rings. The molecule has 2 aromatic carbocycles. The predicted octanol–water partition coefficient (Wildman–Crippen LogP) is 2.57. The number of amides is 2. The Morgan fingerprint density at radius 2 is 1.79 bits per heavy atom. The molecule has 0 radical (unpaired) electrons. The highest BCUT2D eigenvalue weighted by molar-refractivity contribution is 8.05. The molecule has 2 amide bonds. The van der Waals surface area contributed by atoms with Gasteiger partial charge in [0.2, 0.25) is 5.91 Å². The van der Waals surface area contributed by atoms with Crippen molar-refractivity contribution in [3.8, 4) is 6.07 Å². The Morgan fingerprint density at radius 3 is 2.39 bits per heavy atom. The molecule has 0 aromatic heterocycles. The van der Waals surface area contributed by atoms with E-state index in [9.17, 15) is 20.0 Å². The van der Waals surface area contributed by atoms with E-state index in [1.165, 1.54) is 4.90 Å². The van der Waals surface area contributed by atoms with E-state index < -0.39 is 11.2 Å². The zero-order valence-corrected chi connectivity index (χ0v) is 15.9. The van der Waals surface area contributed by atoms with Gasteiger partial charge in [-0.2, -0.15) is 5.26 Å². The van der Waals surface area contributed by atoms with Gasteiger partial charge in [0.25, 0.3) is 5.91 Å². The third kappa shape index (κ3) is 4.25. The largest absolute Gasteiger partial charge is 0.396 e. The smallest absolute Gasteiger partial charge is 0.264 e. The summed E-state index contributed by atoms with van der Waals surface area (Å²) < 4.78 is 0. The van der Waals surface area contributed by atoms with Crippen molar-refractivity contribution in [1.82, 2.24) is 5.32 Å². The monoisotopic (exact) mass is 393 g/mol. The van der Waals surface area contributed by atoms with E-state index >= 15 is 0 Å². The van der Waals surface area contributed by atoms with E-state index in [4.69, 9.17) is 0 Å². The molecule has 28 heavy (non-hydrogen) atoms. The summed E-state index contributed by atoms with van der Waals surface area (Å²) in [5.74, 6) is -0.781. The van der Waals surface area contributed by atoms with Gasteiger partial charge in [-0.1, -0.05) is 60.3 Å². The number of carbonyl (C=O) groups excluding carboxylic acids is 2. The molecule has 2 aromatic rings. The molecule has 1 fully saturated rings. The fourth-order valence-corrected chi connectivity index (χ4v) is 4.09. The van der Waals surface area contributed by atoms with Crippen LogP contribution in [0.5, 0.6) is 0 Å². The van der Waals surface area contributed by atoms with Crippen molar-refractivity contribution >= 4 is 29.3 Å². The van der Waals surface area contributed by atoms with Gasteiger partial charge in [0.1, 0.15) is 16.7 Å². The van der Waals surface area contributed by atoms with Gasteiger partial charge in [-0.15, -0.1) is 0 Å². The molecule has 1 aliphatic heterocycles. The van der Waals surface area contributed by atoms with Gasteiger partial charge in [-0.05, 0) is 24.1 Å². The molecule has 1 atom stereocenters. The lowest BCUT2D eigenvalue weighted by atomic mass is 10.2. The average Bonchev–Trinajstić information content (AvgIpc) is 3.04. The zero-order chi connectivity index (χ0) is 19.9. The highest BCUT2D eigenvalue weighted by atomic mass is 32.2. The van der Waals surface area contributed by atoms with Crippen LogP contribution in [-0.4, -0.2) is 28.8 Å². The molecule has 7 heteroatoms. The summed E-state index contributed by atoms with van der Waals surface area (Å²) in [7, 11) is 0. The van der Waals surface area contributed by atoms with Crippen molar-refractivity contribution in [2.24, 2.45) is 0 Å². The van der Waals surface area contributed by atoms with Gasteiger partial charge >= 0.3 is 0 Å². The number of rotatable bonds is 6. The van der Waals surface area contributed by atoms with Crippen LogP contribution in [0.25, 0.3) is 0 Å². The molecule has 0 aliphatic carbocycles. The summed E-state index contributed by atoms with van der Waals surface area (Å²) in [6, 6.07) is 20.2. The van der Waals surface area contributed by atoms with E-state index in [0.717, 1.165) is 17.3 Å². The van der Waals surface area contributed by atoms with Crippen molar-refractivity contribution in [2.75, 3.05) is 11.5 Å². The number of benzene rings is 2. The lowest BCUT2D eigenvalue weighted by Crippen LogP contribution is -2.31. The van der Waals surface area contributed by atoms with Crippen molar-refractivity contribution in [3.05, 3.63) is 76.8 Å². The van der Waals surface area contributed by atoms with E-state index in [1.54, 1.807) is 24.3 Å². The maximum atomic E-state index is 12.8. The minimum Gasteiger partial charge on any atom is -0.396 e. The maximum Gasteiger partial charge on any atom is 0.264 e. The highest BCUT2D eigenvalue weighted by Crippen LogP contribution is 2.41. The first-order valence-electron chi connectivity index (χ1n) is 8.78. The molecule has 1 saturated heterocycles. The van der Waals surface area contributed by atoms with Crippen LogP contribution in [0.3, 0.4) is 0 Å². The van der Waals surface area contributed by atoms with Crippen molar-refractivity contribution in [2.45, 2.75) is 18.2 Å². The number of hydrogen-bond donors (Lipinski definition) is 2. The normalized spacial score (nSPS) is 17.9. The molecule has 6 nitrogen and oxygen atoms in total. The summed E-state index contributed by atoms with van der Waals surface area (Å²) in [5, 5.41) is 21.4. The minimum atomic E-state index is -0.537. The van der Waals surface area contributed by atoms with E-state index in [2.05, 4.69) is 5.32 Å². The third-order valence-electron chi connectivity index (χ3n) is 4.21. The van der Waals surface area contributed by atoms with Crippen LogP contribution in [0.1, 0.15) is 12.0 Å². The quantitative estimate of drug-likeness (QED) is 0.581. The molecular weight excluding hydrogens is 374 g/mol. The molecule has 1 heterocycles. The van der Waals surface area contributed by atoms with Crippen molar-refractivity contribution in [3.63, 3.8) is 0 Å². The first-order valence-corrected chi connectivity index (χ1v) is 9.66. The van der Waals surface area contributed by atoms with Crippen molar-refractivity contribution < 1.29 is 14.7 Å². The first kappa shape index (κ1) is 19.7. The number of anilines is 1. The third-order valence-corrected chi connectivity index (χ3v) is 5.54. The number of nitrogens with one attached hydrogen (secondary N) is 1. The lowest BCUT2D eigenvalue weighted by Gasteiger charge is -2.18. The van der Waals surface area contributed by atoms with Gasteiger partial charge in [-0.3, -0.25) is 14.5 Å².